The van der Waals surface area contributed by atoms with Crippen molar-refractivity contribution in [3.05, 3.63) is 48.5 Å². The molecular weight excluding hydrogens is 186 g/mol. The number of hydrogen-bond donors (Lipinski definition) is 1. The van der Waals surface area contributed by atoms with Gasteiger partial charge in [0.05, 0.1) is 6.33 Å². The number of nitrogens with zero attached hydrogens (tertiary/aromatic N) is 2. The molecule has 1 aromatic carbocycles. The lowest BCUT2D eigenvalue weighted by atomic mass is 10.1. The number of rotatable bonds is 3. The molecule has 0 saturated heterocycles. The van der Waals surface area contributed by atoms with E-state index in [1.54, 1.807) is 6.20 Å². The normalized spacial score (nSPS) is 12.7. The molecule has 1 unspecified atom stereocenters. The second-order valence-corrected chi connectivity index (χ2v) is 3.58. The maximum Gasteiger partial charge on any atom is 0.0991 e. The minimum absolute atomic E-state index is 0.369. The molecule has 78 valence electrons. The van der Waals surface area contributed by atoms with Crippen LogP contribution in [-0.2, 0) is 0 Å². The summed E-state index contributed by atoms with van der Waals surface area (Å²) in [6, 6.07) is 8.81. The highest BCUT2D eigenvalue weighted by molar-refractivity contribution is 5.36. The van der Waals surface area contributed by atoms with Gasteiger partial charge in [0, 0.05) is 24.1 Å². The van der Waals surface area contributed by atoms with Crippen LogP contribution in [0.1, 0.15) is 18.5 Å². The van der Waals surface area contributed by atoms with Crippen molar-refractivity contribution >= 4 is 0 Å². The van der Waals surface area contributed by atoms with Crippen molar-refractivity contribution in [3.8, 4) is 5.69 Å². The van der Waals surface area contributed by atoms with Crippen molar-refractivity contribution in [2.75, 3.05) is 7.05 Å². The SMILES string of the molecule is CNC(C)c1cccc(-n2ccnc2)c1. The maximum absolute atomic E-state index is 4.04. The van der Waals surface area contributed by atoms with Crippen LogP contribution in [0.5, 0.6) is 0 Å². The van der Waals surface area contributed by atoms with E-state index in [2.05, 4.69) is 41.5 Å². The summed E-state index contributed by atoms with van der Waals surface area (Å²) >= 11 is 0. The first-order valence-electron chi connectivity index (χ1n) is 5.07. The van der Waals surface area contributed by atoms with Crippen LogP contribution in [0.4, 0.5) is 0 Å². The summed E-state index contributed by atoms with van der Waals surface area (Å²) in [4.78, 5) is 4.04. The van der Waals surface area contributed by atoms with Crippen molar-refractivity contribution in [3.63, 3.8) is 0 Å². The van der Waals surface area contributed by atoms with Crippen LogP contribution in [0.15, 0.2) is 43.0 Å². The minimum Gasteiger partial charge on any atom is -0.313 e. The summed E-state index contributed by atoms with van der Waals surface area (Å²) in [6.07, 6.45) is 5.54. The van der Waals surface area contributed by atoms with Gasteiger partial charge in [-0.3, -0.25) is 0 Å². The van der Waals surface area contributed by atoms with E-state index in [1.807, 2.05) is 24.1 Å². The minimum atomic E-state index is 0.369. The predicted molar refractivity (Wildman–Crippen MR) is 61.0 cm³/mol. The van der Waals surface area contributed by atoms with Gasteiger partial charge in [-0.2, -0.15) is 0 Å². The van der Waals surface area contributed by atoms with E-state index in [4.69, 9.17) is 0 Å². The number of nitrogens with one attached hydrogen (secondary N) is 1. The van der Waals surface area contributed by atoms with Gasteiger partial charge in [0.25, 0.3) is 0 Å². The molecule has 1 heterocycles. The third-order valence-corrected chi connectivity index (χ3v) is 2.61. The van der Waals surface area contributed by atoms with Gasteiger partial charge in [-0.05, 0) is 31.7 Å². The molecule has 3 heteroatoms. The molecule has 15 heavy (non-hydrogen) atoms. The Morgan fingerprint density at radius 1 is 1.40 bits per heavy atom. The van der Waals surface area contributed by atoms with E-state index < -0.39 is 0 Å². The molecule has 0 spiro atoms. The van der Waals surface area contributed by atoms with Crippen LogP contribution in [0.2, 0.25) is 0 Å². The number of hydrogen-bond acceptors (Lipinski definition) is 2. The Kier molecular flexibility index (Phi) is 2.83. The van der Waals surface area contributed by atoms with Gasteiger partial charge in [0.15, 0.2) is 0 Å². The van der Waals surface area contributed by atoms with Crippen molar-refractivity contribution in [1.82, 2.24) is 14.9 Å². The Morgan fingerprint density at radius 2 is 2.27 bits per heavy atom. The van der Waals surface area contributed by atoms with Gasteiger partial charge in [-0.15, -0.1) is 0 Å². The molecule has 0 aliphatic rings. The predicted octanol–water partition coefficient (Wildman–Crippen LogP) is 2.15. The summed E-state index contributed by atoms with van der Waals surface area (Å²) in [5.41, 5.74) is 2.43. The fourth-order valence-electron chi connectivity index (χ4n) is 1.53. The lowest BCUT2D eigenvalue weighted by molar-refractivity contribution is 0.652. The van der Waals surface area contributed by atoms with Crippen LogP contribution in [0.3, 0.4) is 0 Å². The summed E-state index contributed by atoms with van der Waals surface area (Å²) in [7, 11) is 1.97. The molecule has 0 aliphatic carbocycles. The highest BCUT2D eigenvalue weighted by atomic mass is 15.0. The largest absolute Gasteiger partial charge is 0.313 e. The van der Waals surface area contributed by atoms with E-state index in [9.17, 15) is 0 Å². The lowest BCUT2D eigenvalue weighted by Gasteiger charge is -2.12. The van der Waals surface area contributed by atoms with Crippen molar-refractivity contribution in [2.24, 2.45) is 0 Å². The Balaban J connectivity index is 2.35. The second kappa shape index (κ2) is 4.28. The molecule has 0 radical (unpaired) electrons. The molecule has 2 aromatic rings. The van der Waals surface area contributed by atoms with Crippen LogP contribution in [0.25, 0.3) is 5.69 Å². The zero-order chi connectivity index (χ0) is 10.7. The Bertz CT molecular complexity index is 420. The third-order valence-electron chi connectivity index (χ3n) is 2.61. The van der Waals surface area contributed by atoms with Crippen LogP contribution in [-0.4, -0.2) is 16.6 Å². The summed E-state index contributed by atoms with van der Waals surface area (Å²) in [6.45, 7) is 2.15. The van der Waals surface area contributed by atoms with Gasteiger partial charge in [0.1, 0.15) is 0 Å². The molecule has 0 fully saturated rings. The highest BCUT2D eigenvalue weighted by Crippen LogP contribution is 2.16. The second-order valence-electron chi connectivity index (χ2n) is 3.58. The van der Waals surface area contributed by atoms with E-state index in [0.29, 0.717) is 6.04 Å². The van der Waals surface area contributed by atoms with Crippen molar-refractivity contribution < 1.29 is 0 Å². The number of benzene rings is 1. The topological polar surface area (TPSA) is 29.9 Å². The Morgan fingerprint density at radius 3 is 2.93 bits per heavy atom. The number of imidazole rings is 1. The van der Waals surface area contributed by atoms with Crippen LogP contribution < -0.4 is 5.32 Å². The average molecular weight is 201 g/mol. The summed E-state index contributed by atoms with van der Waals surface area (Å²) < 4.78 is 2.01. The maximum atomic E-state index is 4.04. The van der Waals surface area contributed by atoms with Crippen molar-refractivity contribution in [2.45, 2.75) is 13.0 Å². The fourth-order valence-corrected chi connectivity index (χ4v) is 1.53. The molecule has 0 saturated carbocycles. The van der Waals surface area contributed by atoms with Crippen LogP contribution >= 0.6 is 0 Å². The zero-order valence-electron chi connectivity index (χ0n) is 9.01. The molecule has 1 N–H and O–H groups in total. The molecule has 0 aliphatic heterocycles. The Hall–Kier alpha value is -1.61. The standard InChI is InChI=1S/C12H15N3/c1-10(13-2)11-4-3-5-12(8-11)15-7-6-14-9-15/h3-10,13H,1-2H3. The van der Waals surface area contributed by atoms with Gasteiger partial charge in [-0.25, -0.2) is 4.98 Å². The molecule has 1 aromatic heterocycles. The third kappa shape index (κ3) is 2.07. The lowest BCUT2D eigenvalue weighted by Crippen LogP contribution is -2.12. The van der Waals surface area contributed by atoms with Crippen molar-refractivity contribution in [1.29, 1.82) is 0 Å². The van der Waals surface area contributed by atoms with Gasteiger partial charge in [0.2, 0.25) is 0 Å². The van der Waals surface area contributed by atoms with E-state index in [1.165, 1.54) is 5.56 Å². The fraction of sp³-hybridized carbons (Fsp3) is 0.250. The van der Waals surface area contributed by atoms with E-state index in [-0.39, 0.29) is 0 Å². The van der Waals surface area contributed by atoms with Crippen LogP contribution in [0, 0.1) is 0 Å². The van der Waals surface area contributed by atoms with E-state index >= 15 is 0 Å². The van der Waals surface area contributed by atoms with E-state index in [0.717, 1.165) is 5.69 Å². The summed E-state index contributed by atoms with van der Waals surface area (Å²) in [5, 5.41) is 3.23. The molecule has 1 atom stereocenters. The first-order valence-corrected chi connectivity index (χ1v) is 5.07. The highest BCUT2D eigenvalue weighted by Gasteiger charge is 2.03. The smallest absolute Gasteiger partial charge is 0.0991 e. The van der Waals surface area contributed by atoms with Gasteiger partial charge >= 0.3 is 0 Å². The monoisotopic (exact) mass is 201 g/mol. The summed E-state index contributed by atoms with van der Waals surface area (Å²) in [5.74, 6) is 0. The van der Waals surface area contributed by atoms with Gasteiger partial charge < -0.3 is 9.88 Å². The number of aromatic nitrogens is 2. The molecule has 3 nitrogen and oxygen atoms in total. The molecule has 0 amide bonds. The van der Waals surface area contributed by atoms with Gasteiger partial charge in [-0.1, -0.05) is 12.1 Å². The quantitative estimate of drug-likeness (QED) is 0.824. The first kappa shape index (κ1) is 9.93. The molecular formula is C12H15N3. The Labute approximate surface area is 89.8 Å². The zero-order valence-corrected chi connectivity index (χ0v) is 9.01. The average Bonchev–Trinajstić information content (AvgIpc) is 2.82. The first-order chi connectivity index (χ1) is 7.31. The molecule has 2 rings (SSSR count). The molecule has 0 bridgehead atoms.